The van der Waals surface area contributed by atoms with Crippen LogP contribution in [-0.2, 0) is 10.0 Å². The highest BCUT2D eigenvalue weighted by molar-refractivity contribution is 7.92. The fraction of sp³-hybridized carbons (Fsp3) is 0.167. The molecule has 1 N–H and O–H groups in total. The highest BCUT2D eigenvalue weighted by atomic mass is 32.2. The third-order valence-electron chi connectivity index (χ3n) is 3.64. The number of rotatable bonds is 6. The molecular weight excluding hydrogens is 357 g/mol. The first-order chi connectivity index (χ1) is 12.4. The van der Waals surface area contributed by atoms with Crippen molar-refractivity contribution in [2.75, 3.05) is 10.5 Å². The summed E-state index contributed by atoms with van der Waals surface area (Å²) in [7, 11) is -3.58. The van der Waals surface area contributed by atoms with Crippen molar-refractivity contribution in [3.05, 3.63) is 65.7 Å². The number of nitrogens with one attached hydrogen (secondary N) is 1. The molecule has 0 atom stereocenters. The number of aromatic nitrogens is 2. The highest BCUT2D eigenvalue weighted by Crippen LogP contribution is 2.20. The molecule has 3 aromatic rings. The Balaban J connectivity index is 1.96. The van der Waals surface area contributed by atoms with E-state index in [1.807, 2.05) is 0 Å². The minimum atomic E-state index is -3.58. The van der Waals surface area contributed by atoms with Crippen LogP contribution in [0.1, 0.15) is 29.3 Å². The lowest BCUT2D eigenvalue weighted by Crippen LogP contribution is -2.16. The van der Waals surface area contributed by atoms with E-state index in [4.69, 9.17) is 0 Å². The van der Waals surface area contributed by atoms with Crippen molar-refractivity contribution < 1.29 is 17.6 Å². The molecule has 2 aromatic carbocycles. The average Bonchev–Trinajstić information content (AvgIpc) is 2.59. The third-order valence-corrected chi connectivity index (χ3v) is 5.13. The molecule has 26 heavy (non-hydrogen) atoms. The van der Waals surface area contributed by atoms with E-state index in [1.165, 1.54) is 12.3 Å². The lowest BCUT2D eigenvalue weighted by Gasteiger charge is -2.09. The molecule has 0 aliphatic heterocycles. The number of benzene rings is 2. The van der Waals surface area contributed by atoms with Crippen LogP contribution < -0.4 is 4.72 Å². The van der Waals surface area contributed by atoms with Gasteiger partial charge in [0.2, 0.25) is 10.0 Å². The van der Waals surface area contributed by atoms with Crippen molar-refractivity contribution >= 4 is 32.5 Å². The second-order valence-corrected chi connectivity index (χ2v) is 7.58. The normalized spacial score (nSPS) is 11.5. The SMILES string of the molecule is CCCS(=O)(=O)Nc1cc(F)cc(C(=O)c2ccc3nccnc3c2)c1. The predicted molar refractivity (Wildman–Crippen MR) is 97.1 cm³/mol. The van der Waals surface area contributed by atoms with Crippen molar-refractivity contribution in [2.45, 2.75) is 13.3 Å². The molecule has 8 heteroatoms. The maximum Gasteiger partial charge on any atom is 0.232 e. The third kappa shape index (κ3) is 4.02. The van der Waals surface area contributed by atoms with Gasteiger partial charge in [0.05, 0.1) is 22.5 Å². The predicted octanol–water partition coefficient (Wildman–Crippen LogP) is 3.15. The van der Waals surface area contributed by atoms with Gasteiger partial charge in [-0.05, 0) is 42.8 Å². The summed E-state index contributed by atoms with van der Waals surface area (Å²) in [5.74, 6) is -1.23. The molecule has 0 fully saturated rings. The Labute approximate surface area is 150 Å². The summed E-state index contributed by atoms with van der Waals surface area (Å²) >= 11 is 0. The molecule has 0 saturated carbocycles. The van der Waals surface area contributed by atoms with Crippen molar-refractivity contribution in [2.24, 2.45) is 0 Å². The zero-order chi connectivity index (χ0) is 18.7. The highest BCUT2D eigenvalue weighted by Gasteiger charge is 2.15. The summed E-state index contributed by atoms with van der Waals surface area (Å²) in [4.78, 5) is 21.0. The Hall–Kier alpha value is -2.87. The lowest BCUT2D eigenvalue weighted by molar-refractivity contribution is 0.103. The van der Waals surface area contributed by atoms with Gasteiger partial charge in [-0.2, -0.15) is 0 Å². The number of hydrogen-bond acceptors (Lipinski definition) is 5. The smallest absolute Gasteiger partial charge is 0.232 e. The summed E-state index contributed by atoms with van der Waals surface area (Å²) in [6, 6.07) is 8.22. The summed E-state index contributed by atoms with van der Waals surface area (Å²) in [6.45, 7) is 1.72. The first-order valence-electron chi connectivity index (χ1n) is 7.94. The van der Waals surface area contributed by atoms with Gasteiger partial charge in [-0.3, -0.25) is 19.5 Å². The molecule has 134 valence electrons. The quantitative estimate of drug-likeness (QED) is 0.671. The van der Waals surface area contributed by atoms with E-state index in [2.05, 4.69) is 14.7 Å². The topological polar surface area (TPSA) is 89.0 Å². The molecule has 0 bridgehead atoms. The van der Waals surface area contributed by atoms with Gasteiger partial charge in [0.15, 0.2) is 5.78 Å². The molecule has 1 aromatic heterocycles. The van der Waals surface area contributed by atoms with Gasteiger partial charge in [-0.15, -0.1) is 0 Å². The van der Waals surface area contributed by atoms with Crippen LogP contribution in [0.4, 0.5) is 10.1 Å². The van der Waals surface area contributed by atoms with E-state index in [0.29, 0.717) is 23.0 Å². The monoisotopic (exact) mass is 373 g/mol. The maximum absolute atomic E-state index is 13.9. The number of sulfonamides is 1. The summed E-state index contributed by atoms with van der Waals surface area (Å²) in [5.41, 5.74) is 1.55. The summed E-state index contributed by atoms with van der Waals surface area (Å²) in [6.07, 6.45) is 3.49. The number of carbonyl (C=O) groups excluding carboxylic acids is 1. The van der Waals surface area contributed by atoms with Gasteiger partial charge in [0.1, 0.15) is 5.82 Å². The minimum Gasteiger partial charge on any atom is -0.289 e. The zero-order valence-electron chi connectivity index (χ0n) is 13.9. The van der Waals surface area contributed by atoms with Crippen LogP contribution >= 0.6 is 0 Å². The van der Waals surface area contributed by atoms with Gasteiger partial charge < -0.3 is 0 Å². The van der Waals surface area contributed by atoms with Crippen molar-refractivity contribution in [1.82, 2.24) is 9.97 Å². The molecular formula is C18H16FN3O3S. The van der Waals surface area contributed by atoms with Crippen LogP contribution in [0.3, 0.4) is 0 Å². The average molecular weight is 373 g/mol. The van der Waals surface area contributed by atoms with Crippen molar-refractivity contribution in [1.29, 1.82) is 0 Å². The van der Waals surface area contributed by atoms with Gasteiger partial charge in [-0.25, -0.2) is 12.8 Å². The van der Waals surface area contributed by atoms with E-state index >= 15 is 0 Å². The molecule has 0 amide bonds. The Morgan fingerprint density at radius 3 is 2.50 bits per heavy atom. The molecule has 0 spiro atoms. The molecule has 0 radical (unpaired) electrons. The fourth-order valence-electron chi connectivity index (χ4n) is 2.55. The van der Waals surface area contributed by atoms with E-state index in [9.17, 15) is 17.6 Å². The van der Waals surface area contributed by atoms with Gasteiger partial charge in [0.25, 0.3) is 0 Å². The van der Waals surface area contributed by atoms with Crippen LogP contribution in [-0.4, -0.2) is 29.9 Å². The zero-order valence-corrected chi connectivity index (χ0v) is 14.8. The van der Waals surface area contributed by atoms with Crippen LogP contribution in [0.25, 0.3) is 11.0 Å². The number of fused-ring (bicyclic) bond motifs is 1. The van der Waals surface area contributed by atoms with E-state index in [-0.39, 0.29) is 17.0 Å². The molecule has 0 unspecified atom stereocenters. The Bertz CT molecular complexity index is 1080. The fourth-order valence-corrected chi connectivity index (χ4v) is 3.67. The maximum atomic E-state index is 13.9. The number of carbonyl (C=O) groups is 1. The molecule has 6 nitrogen and oxygen atoms in total. The standard InChI is InChI=1S/C18H16FN3O3S/c1-2-7-26(24,25)22-15-9-13(8-14(19)11-15)18(23)12-3-4-16-17(10-12)21-6-5-20-16/h3-6,8-11,22H,2,7H2,1H3. The first-order valence-corrected chi connectivity index (χ1v) is 9.60. The second-order valence-electron chi connectivity index (χ2n) is 5.74. The van der Waals surface area contributed by atoms with Gasteiger partial charge in [0, 0.05) is 23.5 Å². The molecule has 3 rings (SSSR count). The van der Waals surface area contributed by atoms with Crippen LogP contribution in [0, 0.1) is 5.82 Å². The molecule has 1 heterocycles. The number of hydrogen-bond donors (Lipinski definition) is 1. The van der Waals surface area contributed by atoms with Crippen LogP contribution in [0.2, 0.25) is 0 Å². The Morgan fingerprint density at radius 1 is 1.04 bits per heavy atom. The number of anilines is 1. The second kappa shape index (κ2) is 7.17. The van der Waals surface area contributed by atoms with E-state index in [0.717, 1.165) is 12.1 Å². The van der Waals surface area contributed by atoms with Crippen molar-refractivity contribution in [3.63, 3.8) is 0 Å². The summed E-state index contributed by atoms with van der Waals surface area (Å²) in [5, 5.41) is 0. The van der Waals surface area contributed by atoms with E-state index < -0.39 is 21.6 Å². The Morgan fingerprint density at radius 2 is 1.77 bits per heavy atom. The molecule has 0 saturated heterocycles. The van der Waals surface area contributed by atoms with Gasteiger partial charge in [-0.1, -0.05) is 6.92 Å². The van der Waals surface area contributed by atoms with Crippen LogP contribution in [0.15, 0.2) is 48.8 Å². The largest absolute Gasteiger partial charge is 0.289 e. The number of nitrogens with zero attached hydrogens (tertiary/aromatic N) is 2. The molecule has 0 aliphatic rings. The number of halogens is 1. The van der Waals surface area contributed by atoms with E-state index in [1.54, 1.807) is 31.3 Å². The van der Waals surface area contributed by atoms with Crippen LogP contribution in [0.5, 0.6) is 0 Å². The Kier molecular flexibility index (Phi) is 4.94. The lowest BCUT2D eigenvalue weighted by atomic mass is 10.0. The van der Waals surface area contributed by atoms with Gasteiger partial charge >= 0.3 is 0 Å². The number of ketones is 1. The first kappa shape index (κ1) is 17.9. The summed E-state index contributed by atoms with van der Waals surface area (Å²) < 4.78 is 40.0. The minimum absolute atomic E-state index is 0.0161. The van der Waals surface area contributed by atoms with Crippen molar-refractivity contribution in [3.8, 4) is 0 Å². The molecule has 0 aliphatic carbocycles.